The van der Waals surface area contributed by atoms with E-state index >= 15 is 0 Å². The highest BCUT2D eigenvalue weighted by Gasteiger charge is 2.33. The van der Waals surface area contributed by atoms with E-state index in [1.807, 2.05) is 6.92 Å². The average molecular weight is 299 g/mol. The fourth-order valence-corrected chi connectivity index (χ4v) is 3.41. The Hall–Kier alpha value is -1.67. The van der Waals surface area contributed by atoms with Gasteiger partial charge < -0.3 is 5.73 Å². The standard InChI is InChI=1S/C12H17N3O4S/c1-12(5-2-6-12)8-14-20(18,19)9-3-4-11(15(16)17)10(13)7-9/h3-4,7,14H,2,5-6,8,13H2,1H3. The van der Waals surface area contributed by atoms with Crippen molar-refractivity contribution in [2.24, 2.45) is 5.41 Å². The Morgan fingerprint density at radius 1 is 1.45 bits per heavy atom. The number of sulfonamides is 1. The van der Waals surface area contributed by atoms with Gasteiger partial charge in [-0.15, -0.1) is 0 Å². The second-order valence-electron chi connectivity index (χ2n) is 5.47. The Kier molecular flexibility index (Phi) is 3.70. The zero-order chi connectivity index (χ0) is 15.0. The van der Waals surface area contributed by atoms with E-state index in [9.17, 15) is 18.5 Å². The molecule has 0 unspecified atom stereocenters. The number of benzene rings is 1. The van der Waals surface area contributed by atoms with Gasteiger partial charge in [0.2, 0.25) is 10.0 Å². The van der Waals surface area contributed by atoms with Crippen molar-refractivity contribution in [1.82, 2.24) is 4.72 Å². The van der Waals surface area contributed by atoms with Crippen molar-refractivity contribution in [3.63, 3.8) is 0 Å². The molecule has 0 aliphatic heterocycles. The molecule has 7 nitrogen and oxygen atoms in total. The molecular formula is C12H17N3O4S. The molecule has 0 heterocycles. The van der Waals surface area contributed by atoms with Crippen LogP contribution in [0.25, 0.3) is 0 Å². The van der Waals surface area contributed by atoms with Crippen LogP contribution >= 0.6 is 0 Å². The zero-order valence-electron chi connectivity index (χ0n) is 11.1. The Morgan fingerprint density at radius 2 is 2.10 bits per heavy atom. The number of hydrogen-bond acceptors (Lipinski definition) is 5. The zero-order valence-corrected chi connectivity index (χ0v) is 11.9. The van der Waals surface area contributed by atoms with Gasteiger partial charge in [0.15, 0.2) is 0 Å². The van der Waals surface area contributed by atoms with Gasteiger partial charge in [-0.2, -0.15) is 0 Å². The molecule has 3 N–H and O–H groups in total. The maximum Gasteiger partial charge on any atom is 0.292 e. The summed E-state index contributed by atoms with van der Waals surface area (Å²) in [6, 6.07) is 3.42. The molecule has 1 aromatic carbocycles. The predicted octanol–water partition coefficient (Wildman–Crippen LogP) is 1.65. The number of nitrogens with two attached hydrogens (primary N) is 1. The molecule has 1 aromatic rings. The van der Waals surface area contributed by atoms with Crippen molar-refractivity contribution in [1.29, 1.82) is 0 Å². The number of nitro benzene ring substituents is 1. The minimum absolute atomic E-state index is 0.0133. The van der Waals surface area contributed by atoms with E-state index in [-0.39, 0.29) is 21.7 Å². The summed E-state index contributed by atoms with van der Waals surface area (Å²) in [4.78, 5) is 9.95. The van der Waals surface area contributed by atoms with E-state index in [1.165, 1.54) is 6.07 Å². The minimum atomic E-state index is -3.69. The van der Waals surface area contributed by atoms with Crippen molar-refractivity contribution < 1.29 is 13.3 Å². The second kappa shape index (κ2) is 5.02. The summed E-state index contributed by atoms with van der Waals surface area (Å²) in [6.45, 7) is 2.40. The van der Waals surface area contributed by atoms with Crippen LogP contribution in [0.1, 0.15) is 26.2 Å². The van der Waals surface area contributed by atoms with Crippen molar-refractivity contribution >= 4 is 21.4 Å². The van der Waals surface area contributed by atoms with E-state index in [2.05, 4.69) is 4.72 Å². The highest BCUT2D eigenvalue weighted by atomic mass is 32.2. The summed E-state index contributed by atoms with van der Waals surface area (Å²) in [5.41, 5.74) is 5.06. The van der Waals surface area contributed by atoms with E-state index in [4.69, 9.17) is 5.73 Å². The van der Waals surface area contributed by atoms with Crippen LogP contribution < -0.4 is 10.5 Å². The van der Waals surface area contributed by atoms with Gasteiger partial charge in [-0.05, 0) is 30.4 Å². The molecule has 0 saturated heterocycles. The van der Waals surface area contributed by atoms with Crippen molar-refractivity contribution in [2.75, 3.05) is 12.3 Å². The topological polar surface area (TPSA) is 115 Å². The molecule has 0 amide bonds. The fraction of sp³-hybridized carbons (Fsp3) is 0.500. The molecule has 1 fully saturated rings. The summed E-state index contributed by atoms with van der Waals surface area (Å²) in [5.74, 6) is 0. The third kappa shape index (κ3) is 2.91. The van der Waals surface area contributed by atoms with E-state index in [1.54, 1.807) is 0 Å². The molecule has 0 radical (unpaired) electrons. The highest BCUT2D eigenvalue weighted by Crippen LogP contribution is 2.39. The van der Waals surface area contributed by atoms with Crippen LogP contribution in [-0.4, -0.2) is 19.9 Å². The lowest BCUT2D eigenvalue weighted by molar-refractivity contribution is -0.383. The predicted molar refractivity (Wildman–Crippen MR) is 74.7 cm³/mol. The van der Waals surface area contributed by atoms with Gasteiger partial charge in [-0.25, -0.2) is 13.1 Å². The van der Waals surface area contributed by atoms with Gasteiger partial charge in [0.05, 0.1) is 9.82 Å². The molecule has 0 aromatic heterocycles. The van der Waals surface area contributed by atoms with Crippen molar-refractivity contribution in [3.05, 3.63) is 28.3 Å². The Morgan fingerprint density at radius 3 is 2.55 bits per heavy atom. The normalized spacial score (nSPS) is 17.4. The first-order valence-electron chi connectivity index (χ1n) is 6.27. The Balaban J connectivity index is 2.17. The first-order valence-corrected chi connectivity index (χ1v) is 7.75. The van der Waals surface area contributed by atoms with Crippen LogP contribution in [0.3, 0.4) is 0 Å². The molecule has 8 heteroatoms. The molecule has 0 atom stereocenters. The largest absolute Gasteiger partial charge is 0.393 e. The number of nitrogens with one attached hydrogen (secondary N) is 1. The van der Waals surface area contributed by atoms with Crippen molar-refractivity contribution in [2.45, 2.75) is 31.1 Å². The number of nitrogens with zero attached hydrogens (tertiary/aromatic N) is 1. The summed E-state index contributed by atoms with van der Waals surface area (Å²) < 4.78 is 26.8. The highest BCUT2D eigenvalue weighted by molar-refractivity contribution is 7.89. The monoisotopic (exact) mass is 299 g/mol. The summed E-state index contributed by atoms with van der Waals surface area (Å²) in [5, 5.41) is 10.6. The van der Waals surface area contributed by atoms with Gasteiger partial charge in [-0.3, -0.25) is 10.1 Å². The van der Waals surface area contributed by atoms with Gasteiger partial charge in [0, 0.05) is 12.6 Å². The molecule has 20 heavy (non-hydrogen) atoms. The third-order valence-electron chi connectivity index (χ3n) is 3.76. The summed E-state index contributed by atoms with van der Waals surface area (Å²) in [6.07, 6.45) is 3.11. The van der Waals surface area contributed by atoms with Crippen molar-refractivity contribution in [3.8, 4) is 0 Å². The molecule has 1 saturated carbocycles. The lowest BCUT2D eigenvalue weighted by Gasteiger charge is -2.38. The summed E-state index contributed by atoms with van der Waals surface area (Å²) in [7, 11) is -3.69. The molecule has 1 aliphatic carbocycles. The van der Waals surface area contributed by atoms with Crippen LogP contribution in [0.5, 0.6) is 0 Å². The van der Waals surface area contributed by atoms with Crippen LogP contribution in [-0.2, 0) is 10.0 Å². The average Bonchev–Trinajstić information content (AvgIpc) is 2.33. The van der Waals surface area contributed by atoms with Crippen LogP contribution in [0, 0.1) is 15.5 Å². The smallest absolute Gasteiger partial charge is 0.292 e. The molecular weight excluding hydrogens is 282 g/mol. The van der Waals surface area contributed by atoms with Gasteiger partial charge >= 0.3 is 0 Å². The number of nitrogen functional groups attached to an aromatic ring is 1. The maximum atomic E-state index is 12.1. The van der Waals surface area contributed by atoms with Crippen LogP contribution in [0.2, 0.25) is 0 Å². The molecule has 1 aliphatic rings. The SMILES string of the molecule is CC1(CNS(=O)(=O)c2ccc([N+](=O)[O-])c(N)c2)CCC1. The first kappa shape index (κ1) is 14.7. The van der Waals surface area contributed by atoms with E-state index < -0.39 is 14.9 Å². The molecule has 0 spiro atoms. The molecule has 2 rings (SSSR count). The molecule has 0 bridgehead atoms. The lowest BCUT2D eigenvalue weighted by atomic mass is 9.71. The van der Waals surface area contributed by atoms with E-state index in [0.29, 0.717) is 6.54 Å². The molecule has 110 valence electrons. The lowest BCUT2D eigenvalue weighted by Crippen LogP contribution is -2.39. The van der Waals surface area contributed by atoms with Gasteiger partial charge in [0.1, 0.15) is 5.69 Å². The Bertz CT molecular complexity index is 638. The van der Waals surface area contributed by atoms with Crippen LogP contribution in [0.4, 0.5) is 11.4 Å². The summed E-state index contributed by atoms with van der Waals surface area (Å²) >= 11 is 0. The number of rotatable bonds is 5. The number of hydrogen-bond donors (Lipinski definition) is 2. The second-order valence-corrected chi connectivity index (χ2v) is 7.23. The van der Waals surface area contributed by atoms with E-state index in [0.717, 1.165) is 31.4 Å². The first-order chi connectivity index (χ1) is 9.23. The van der Waals surface area contributed by atoms with Crippen LogP contribution in [0.15, 0.2) is 23.1 Å². The third-order valence-corrected chi connectivity index (χ3v) is 5.15. The van der Waals surface area contributed by atoms with Gasteiger partial charge in [-0.1, -0.05) is 13.3 Å². The quantitative estimate of drug-likeness (QED) is 0.487. The minimum Gasteiger partial charge on any atom is -0.393 e. The maximum absolute atomic E-state index is 12.1. The number of nitro groups is 1. The fourth-order valence-electron chi connectivity index (χ4n) is 2.18. The number of anilines is 1. The van der Waals surface area contributed by atoms with Gasteiger partial charge in [0.25, 0.3) is 5.69 Å². The Labute approximate surface area is 117 Å².